The fourth-order valence-corrected chi connectivity index (χ4v) is 5.59. The summed E-state index contributed by atoms with van der Waals surface area (Å²) in [5.74, 6) is 0.157. The lowest BCUT2D eigenvalue weighted by Crippen LogP contribution is -2.36. The highest BCUT2D eigenvalue weighted by atomic mass is 79.9. The summed E-state index contributed by atoms with van der Waals surface area (Å²) in [6, 6.07) is 14.5. The van der Waals surface area contributed by atoms with E-state index in [4.69, 9.17) is 4.74 Å². The van der Waals surface area contributed by atoms with E-state index >= 15 is 0 Å². The fourth-order valence-electron chi connectivity index (χ4n) is 4.00. The number of hydrogen-bond donors (Lipinski definition) is 0. The first-order chi connectivity index (χ1) is 12.9. The quantitative estimate of drug-likeness (QED) is 0.303. The lowest BCUT2D eigenvalue weighted by molar-refractivity contribution is -0.140. The van der Waals surface area contributed by atoms with Gasteiger partial charge in [0.1, 0.15) is 0 Å². The Balaban J connectivity index is 2.12. The third-order valence-corrected chi connectivity index (χ3v) is 8.84. The number of halogens is 2. The summed E-state index contributed by atoms with van der Waals surface area (Å²) in [7, 11) is 0. The summed E-state index contributed by atoms with van der Waals surface area (Å²) in [5.41, 5.74) is 2.85. The number of carbonyl (C=O) groups is 1. The fraction of sp³-hybridized carbons (Fsp3) is 0.435. The van der Waals surface area contributed by atoms with Crippen LogP contribution in [0, 0.1) is 5.92 Å². The number of benzene rings is 2. The van der Waals surface area contributed by atoms with Crippen molar-refractivity contribution in [2.24, 2.45) is 5.92 Å². The number of fused-ring (bicyclic) bond motifs is 1. The minimum Gasteiger partial charge on any atom is -0.449 e. The number of rotatable bonds is 7. The molecule has 0 aromatic heterocycles. The maximum Gasteiger partial charge on any atom is 0.334 e. The first-order valence-corrected chi connectivity index (χ1v) is 11.5. The summed E-state index contributed by atoms with van der Waals surface area (Å²) >= 11 is 7.76. The molecule has 0 aliphatic carbocycles. The van der Waals surface area contributed by atoms with Crippen LogP contribution in [0.5, 0.6) is 0 Å². The number of carbonyl (C=O) groups excluding carboxylic acids is 1. The third-order valence-electron chi connectivity index (χ3n) is 5.72. The molecule has 0 fully saturated rings. The summed E-state index contributed by atoms with van der Waals surface area (Å²) in [5, 5.41) is 3.03. The van der Waals surface area contributed by atoms with Crippen LogP contribution in [-0.4, -0.2) is 15.6 Å². The van der Waals surface area contributed by atoms with Gasteiger partial charge in [0.2, 0.25) is 0 Å². The molecule has 144 valence electrons. The van der Waals surface area contributed by atoms with Crippen LogP contribution in [-0.2, 0) is 9.53 Å². The zero-order valence-corrected chi connectivity index (χ0v) is 19.3. The third kappa shape index (κ3) is 3.75. The predicted molar refractivity (Wildman–Crippen MR) is 120 cm³/mol. The van der Waals surface area contributed by atoms with Crippen LogP contribution in [0.1, 0.15) is 51.7 Å². The Kier molecular flexibility index (Phi) is 6.47. The highest BCUT2D eigenvalue weighted by Crippen LogP contribution is 2.51. The van der Waals surface area contributed by atoms with Crippen LogP contribution >= 0.6 is 31.9 Å². The molecule has 0 saturated heterocycles. The van der Waals surface area contributed by atoms with Gasteiger partial charge in [-0.3, -0.25) is 0 Å². The number of esters is 1. The van der Waals surface area contributed by atoms with Crippen molar-refractivity contribution >= 4 is 48.6 Å². The molecule has 2 nitrogen and oxygen atoms in total. The Morgan fingerprint density at radius 2 is 1.89 bits per heavy atom. The smallest absolute Gasteiger partial charge is 0.334 e. The number of ether oxygens (including phenoxy) is 1. The molecule has 2 aromatic rings. The van der Waals surface area contributed by atoms with Crippen LogP contribution in [0.15, 0.2) is 53.6 Å². The van der Waals surface area contributed by atoms with Crippen molar-refractivity contribution < 1.29 is 9.53 Å². The lowest BCUT2D eigenvalue weighted by atomic mass is 9.79. The van der Waals surface area contributed by atoms with Gasteiger partial charge in [-0.1, -0.05) is 101 Å². The molecular weight excluding hydrogens is 468 g/mol. The van der Waals surface area contributed by atoms with Crippen LogP contribution in [0.4, 0.5) is 0 Å². The van der Waals surface area contributed by atoms with E-state index in [0.717, 1.165) is 45.7 Å². The van der Waals surface area contributed by atoms with Gasteiger partial charge in [-0.05, 0) is 30.0 Å². The van der Waals surface area contributed by atoms with Gasteiger partial charge < -0.3 is 4.74 Å². The van der Waals surface area contributed by atoms with E-state index in [1.807, 2.05) is 25.1 Å². The predicted octanol–water partition coefficient (Wildman–Crippen LogP) is 7.11. The van der Waals surface area contributed by atoms with E-state index < -0.39 is 0 Å². The molecule has 27 heavy (non-hydrogen) atoms. The van der Waals surface area contributed by atoms with Gasteiger partial charge in [-0.2, -0.15) is 0 Å². The number of cyclic esters (lactones) is 1. The molecule has 4 heteroatoms. The second-order valence-electron chi connectivity index (χ2n) is 7.43. The Bertz CT molecular complexity index is 868. The standard InChI is InChI=1S/C23H26Br2O2/c1-4-5-9-15(2)23(25,14-24)20-16(3)22(26)27-21(20)19-13-8-11-17-10-6-7-12-18(17)19/h6-8,10-13,15,21H,4-5,9,14H2,1-3H3/t15-,21+,23+/m1/s1. The number of alkyl halides is 2. The van der Waals surface area contributed by atoms with Gasteiger partial charge in [0, 0.05) is 22.0 Å². The molecule has 0 spiro atoms. The summed E-state index contributed by atoms with van der Waals surface area (Å²) < 4.78 is 5.60. The molecule has 2 aromatic carbocycles. The molecule has 1 aliphatic heterocycles. The minimum atomic E-state index is -0.357. The molecule has 0 saturated carbocycles. The van der Waals surface area contributed by atoms with Gasteiger partial charge in [0.05, 0.1) is 4.32 Å². The second-order valence-corrected chi connectivity index (χ2v) is 9.41. The van der Waals surface area contributed by atoms with Crippen molar-refractivity contribution in [1.29, 1.82) is 0 Å². The maximum atomic E-state index is 12.6. The monoisotopic (exact) mass is 492 g/mol. The molecule has 0 bridgehead atoms. The molecular formula is C23H26Br2O2. The van der Waals surface area contributed by atoms with Gasteiger partial charge >= 0.3 is 5.97 Å². The van der Waals surface area contributed by atoms with Gasteiger partial charge in [0.25, 0.3) is 0 Å². The van der Waals surface area contributed by atoms with E-state index in [-0.39, 0.29) is 16.4 Å². The molecule has 0 unspecified atom stereocenters. The van der Waals surface area contributed by atoms with Crippen molar-refractivity contribution in [2.45, 2.75) is 50.5 Å². The van der Waals surface area contributed by atoms with Crippen LogP contribution in [0.2, 0.25) is 0 Å². The maximum absolute atomic E-state index is 12.6. The Labute approximate surface area is 178 Å². The van der Waals surface area contributed by atoms with E-state index in [9.17, 15) is 4.79 Å². The average Bonchev–Trinajstić information content (AvgIpc) is 2.99. The van der Waals surface area contributed by atoms with Crippen molar-refractivity contribution in [3.8, 4) is 0 Å². The Morgan fingerprint density at radius 1 is 1.19 bits per heavy atom. The summed E-state index contributed by atoms with van der Waals surface area (Å²) in [4.78, 5) is 12.6. The summed E-state index contributed by atoms with van der Waals surface area (Å²) in [6.45, 7) is 6.37. The van der Waals surface area contributed by atoms with E-state index in [2.05, 4.69) is 70.0 Å². The second kappa shape index (κ2) is 8.48. The number of unbranched alkanes of at least 4 members (excludes halogenated alkanes) is 1. The average molecular weight is 494 g/mol. The molecule has 0 N–H and O–H groups in total. The normalized spacial score (nSPS) is 20.6. The van der Waals surface area contributed by atoms with Crippen molar-refractivity contribution in [2.75, 3.05) is 5.33 Å². The van der Waals surface area contributed by atoms with Crippen molar-refractivity contribution in [1.82, 2.24) is 0 Å². The van der Waals surface area contributed by atoms with Crippen LogP contribution in [0.3, 0.4) is 0 Å². The zero-order valence-electron chi connectivity index (χ0n) is 16.1. The molecule has 3 rings (SSSR count). The van der Waals surface area contributed by atoms with Gasteiger partial charge in [0.15, 0.2) is 6.10 Å². The SMILES string of the molecule is CCCC[C@@H](C)[C@@](Br)(CBr)C1=C(C)C(=O)O[C@H]1c1cccc2ccccc12. The van der Waals surface area contributed by atoms with E-state index in [1.54, 1.807) is 0 Å². The Hall–Kier alpha value is -1.13. The lowest BCUT2D eigenvalue weighted by Gasteiger charge is -2.36. The highest BCUT2D eigenvalue weighted by Gasteiger charge is 2.47. The van der Waals surface area contributed by atoms with Gasteiger partial charge in [-0.15, -0.1) is 0 Å². The van der Waals surface area contributed by atoms with Crippen LogP contribution in [0.25, 0.3) is 10.8 Å². The van der Waals surface area contributed by atoms with Crippen molar-refractivity contribution in [3.05, 3.63) is 59.2 Å². The highest BCUT2D eigenvalue weighted by molar-refractivity contribution is 9.12. The molecule has 0 amide bonds. The topological polar surface area (TPSA) is 26.3 Å². The van der Waals surface area contributed by atoms with Crippen molar-refractivity contribution in [3.63, 3.8) is 0 Å². The summed E-state index contributed by atoms with van der Waals surface area (Å²) in [6.07, 6.45) is 3.07. The largest absolute Gasteiger partial charge is 0.449 e. The first kappa shape index (κ1) is 20.6. The first-order valence-electron chi connectivity index (χ1n) is 9.58. The Morgan fingerprint density at radius 3 is 2.59 bits per heavy atom. The molecule has 0 radical (unpaired) electrons. The number of hydrogen-bond acceptors (Lipinski definition) is 2. The minimum absolute atomic E-state index is 0.213. The van der Waals surface area contributed by atoms with Crippen LogP contribution < -0.4 is 0 Å². The zero-order chi connectivity index (χ0) is 19.6. The molecule has 1 aliphatic rings. The van der Waals surface area contributed by atoms with E-state index in [1.165, 1.54) is 6.42 Å². The van der Waals surface area contributed by atoms with Gasteiger partial charge in [-0.25, -0.2) is 4.79 Å². The molecule has 3 atom stereocenters. The van der Waals surface area contributed by atoms with E-state index in [0.29, 0.717) is 5.92 Å². The molecule has 1 heterocycles.